The first-order valence-electron chi connectivity index (χ1n) is 5.23. The molecule has 4 heteroatoms. The van der Waals surface area contributed by atoms with Gasteiger partial charge in [-0.2, -0.15) is 0 Å². The minimum atomic E-state index is 0.580. The maximum Gasteiger partial charge on any atom is 0.135 e. The molecule has 0 amide bonds. The standard InChI is InChI=1S/C13H18NO3/c1-5-6-10(14)13-11(16-3)7-9(15-2)8-12(13)17-4/h6-8H,1,5,14H2,2-4H3. The summed E-state index contributed by atoms with van der Waals surface area (Å²) in [5, 5.41) is 0. The second kappa shape index (κ2) is 6.03. The first kappa shape index (κ1) is 13.2. The molecule has 1 aromatic carbocycles. The van der Waals surface area contributed by atoms with Crippen LogP contribution in [0.4, 0.5) is 0 Å². The average molecular weight is 236 g/mol. The SMILES string of the molecule is [CH2]CC=C(N)c1c(OC)cc(OC)cc1OC. The minimum Gasteiger partial charge on any atom is -0.496 e. The molecule has 0 saturated carbocycles. The Morgan fingerprint density at radius 2 is 1.71 bits per heavy atom. The van der Waals surface area contributed by atoms with Crippen LogP contribution in [-0.4, -0.2) is 21.3 Å². The fourth-order valence-corrected chi connectivity index (χ4v) is 1.55. The molecule has 0 atom stereocenters. The van der Waals surface area contributed by atoms with Crippen LogP contribution in [0.25, 0.3) is 5.70 Å². The molecule has 0 aliphatic heterocycles. The van der Waals surface area contributed by atoms with Gasteiger partial charge in [0.15, 0.2) is 0 Å². The molecule has 0 spiro atoms. The van der Waals surface area contributed by atoms with Crippen molar-refractivity contribution in [3.8, 4) is 17.2 Å². The number of benzene rings is 1. The first-order chi connectivity index (χ1) is 8.17. The first-order valence-corrected chi connectivity index (χ1v) is 5.23. The fraction of sp³-hybridized carbons (Fsp3) is 0.308. The van der Waals surface area contributed by atoms with Gasteiger partial charge in [-0.25, -0.2) is 0 Å². The van der Waals surface area contributed by atoms with Gasteiger partial charge < -0.3 is 19.9 Å². The van der Waals surface area contributed by atoms with Gasteiger partial charge in [-0.05, 0) is 13.3 Å². The van der Waals surface area contributed by atoms with Crippen LogP contribution in [0.1, 0.15) is 12.0 Å². The van der Waals surface area contributed by atoms with Gasteiger partial charge in [-0.3, -0.25) is 0 Å². The highest BCUT2D eigenvalue weighted by Crippen LogP contribution is 2.37. The third kappa shape index (κ3) is 2.84. The van der Waals surface area contributed by atoms with E-state index in [-0.39, 0.29) is 0 Å². The Labute approximate surface area is 102 Å². The van der Waals surface area contributed by atoms with Crippen molar-refractivity contribution in [2.24, 2.45) is 5.73 Å². The third-order valence-electron chi connectivity index (χ3n) is 2.37. The van der Waals surface area contributed by atoms with Gasteiger partial charge >= 0.3 is 0 Å². The zero-order chi connectivity index (χ0) is 12.8. The molecule has 93 valence electrons. The molecule has 0 aliphatic carbocycles. The van der Waals surface area contributed by atoms with E-state index in [1.165, 1.54) is 0 Å². The predicted octanol–water partition coefficient (Wildman–Crippen LogP) is 2.24. The number of rotatable bonds is 5. The van der Waals surface area contributed by atoms with E-state index in [2.05, 4.69) is 6.92 Å². The lowest BCUT2D eigenvalue weighted by molar-refractivity contribution is 0.373. The van der Waals surface area contributed by atoms with E-state index < -0.39 is 0 Å². The Morgan fingerprint density at radius 3 is 2.06 bits per heavy atom. The lowest BCUT2D eigenvalue weighted by Crippen LogP contribution is -2.03. The quantitative estimate of drug-likeness (QED) is 0.851. The predicted molar refractivity (Wildman–Crippen MR) is 68.2 cm³/mol. The van der Waals surface area contributed by atoms with Gasteiger partial charge in [-0.1, -0.05) is 6.08 Å². The monoisotopic (exact) mass is 236 g/mol. The molecule has 2 N–H and O–H groups in total. The molecule has 0 fully saturated rings. The molecule has 0 heterocycles. The number of hydrogen-bond acceptors (Lipinski definition) is 4. The second-order valence-corrected chi connectivity index (χ2v) is 3.36. The highest BCUT2D eigenvalue weighted by Gasteiger charge is 2.14. The van der Waals surface area contributed by atoms with E-state index in [9.17, 15) is 0 Å². The Hall–Kier alpha value is -1.84. The third-order valence-corrected chi connectivity index (χ3v) is 2.37. The number of ether oxygens (including phenoxy) is 3. The van der Waals surface area contributed by atoms with Crippen molar-refractivity contribution in [3.05, 3.63) is 30.7 Å². The summed E-state index contributed by atoms with van der Waals surface area (Å²) in [6, 6.07) is 3.53. The number of hydrogen-bond donors (Lipinski definition) is 1. The second-order valence-electron chi connectivity index (χ2n) is 3.36. The van der Waals surface area contributed by atoms with E-state index in [0.29, 0.717) is 29.4 Å². The molecule has 0 aromatic heterocycles. The van der Waals surface area contributed by atoms with Gasteiger partial charge in [0.1, 0.15) is 17.2 Å². The average Bonchev–Trinajstić information content (AvgIpc) is 2.37. The summed E-state index contributed by atoms with van der Waals surface area (Å²) in [7, 11) is 4.74. The van der Waals surface area contributed by atoms with Crippen molar-refractivity contribution in [2.45, 2.75) is 6.42 Å². The zero-order valence-electron chi connectivity index (χ0n) is 10.4. The molecule has 0 aliphatic rings. The van der Waals surface area contributed by atoms with Crippen LogP contribution in [0.5, 0.6) is 17.2 Å². The van der Waals surface area contributed by atoms with Crippen LogP contribution in [0.15, 0.2) is 18.2 Å². The van der Waals surface area contributed by atoms with Crippen LogP contribution in [0.2, 0.25) is 0 Å². The molecule has 1 aromatic rings. The van der Waals surface area contributed by atoms with Gasteiger partial charge in [0.25, 0.3) is 0 Å². The summed E-state index contributed by atoms with van der Waals surface area (Å²) in [6.45, 7) is 3.73. The van der Waals surface area contributed by atoms with Crippen molar-refractivity contribution < 1.29 is 14.2 Å². The summed E-state index contributed by atoms with van der Waals surface area (Å²) < 4.78 is 15.8. The molecule has 1 rings (SSSR count). The molecule has 17 heavy (non-hydrogen) atoms. The van der Waals surface area contributed by atoms with E-state index in [1.807, 2.05) is 6.08 Å². The summed E-state index contributed by atoms with van der Waals surface area (Å²) in [4.78, 5) is 0. The normalized spacial score (nSPS) is 11.2. The Morgan fingerprint density at radius 1 is 1.18 bits per heavy atom. The summed E-state index contributed by atoms with van der Waals surface area (Å²) in [6.07, 6.45) is 2.41. The van der Waals surface area contributed by atoms with Crippen molar-refractivity contribution in [1.82, 2.24) is 0 Å². The van der Waals surface area contributed by atoms with Gasteiger partial charge in [0.05, 0.1) is 26.9 Å². The lowest BCUT2D eigenvalue weighted by atomic mass is 10.1. The summed E-state index contributed by atoms with van der Waals surface area (Å²) in [5.41, 5.74) is 7.27. The van der Waals surface area contributed by atoms with Crippen molar-refractivity contribution in [3.63, 3.8) is 0 Å². The van der Waals surface area contributed by atoms with E-state index >= 15 is 0 Å². The van der Waals surface area contributed by atoms with E-state index in [0.717, 1.165) is 5.56 Å². The largest absolute Gasteiger partial charge is 0.496 e. The van der Waals surface area contributed by atoms with Crippen LogP contribution in [-0.2, 0) is 0 Å². The molecule has 0 bridgehead atoms. The minimum absolute atomic E-state index is 0.580. The lowest BCUT2D eigenvalue weighted by Gasteiger charge is -2.15. The van der Waals surface area contributed by atoms with Gasteiger partial charge in [-0.15, -0.1) is 0 Å². The maximum atomic E-state index is 5.97. The van der Waals surface area contributed by atoms with Crippen LogP contribution in [0, 0.1) is 6.92 Å². The Kier molecular flexibility index (Phi) is 4.69. The van der Waals surface area contributed by atoms with Crippen LogP contribution >= 0.6 is 0 Å². The van der Waals surface area contributed by atoms with E-state index in [4.69, 9.17) is 19.9 Å². The van der Waals surface area contributed by atoms with Gasteiger partial charge in [0.2, 0.25) is 0 Å². The molecule has 1 radical (unpaired) electrons. The molecule has 0 unspecified atom stereocenters. The number of allylic oxidation sites excluding steroid dienone is 1. The van der Waals surface area contributed by atoms with Gasteiger partial charge in [0, 0.05) is 17.8 Å². The highest BCUT2D eigenvalue weighted by molar-refractivity contribution is 5.74. The maximum absolute atomic E-state index is 5.97. The zero-order valence-corrected chi connectivity index (χ0v) is 10.4. The number of nitrogens with two attached hydrogens (primary N) is 1. The fourth-order valence-electron chi connectivity index (χ4n) is 1.55. The van der Waals surface area contributed by atoms with Crippen molar-refractivity contribution in [1.29, 1.82) is 0 Å². The Bertz CT molecular complexity index is 388. The molecular formula is C13H18NO3. The van der Waals surface area contributed by atoms with Crippen molar-refractivity contribution in [2.75, 3.05) is 21.3 Å². The van der Waals surface area contributed by atoms with Crippen LogP contribution in [0.3, 0.4) is 0 Å². The molecular weight excluding hydrogens is 218 g/mol. The topological polar surface area (TPSA) is 53.7 Å². The van der Waals surface area contributed by atoms with Crippen molar-refractivity contribution >= 4 is 5.70 Å². The Balaban J connectivity index is 3.39. The van der Waals surface area contributed by atoms with E-state index in [1.54, 1.807) is 33.5 Å². The molecule has 4 nitrogen and oxygen atoms in total. The summed E-state index contributed by atoms with van der Waals surface area (Å²) >= 11 is 0. The van der Waals surface area contributed by atoms with Crippen LogP contribution < -0.4 is 19.9 Å². The number of methoxy groups -OCH3 is 3. The molecule has 0 saturated heterocycles. The highest BCUT2D eigenvalue weighted by atomic mass is 16.5. The summed E-state index contributed by atoms with van der Waals surface area (Å²) in [5.74, 6) is 1.89. The smallest absolute Gasteiger partial charge is 0.135 e.